The lowest BCUT2D eigenvalue weighted by molar-refractivity contribution is -0.0190. The third kappa shape index (κ3) is 2.65. The number of ether oxygens (including phenoxy) is 3. The van der Waals surface area contributed by atoms with Crippen molar-refractivity contribution in [1.82, 2.24) is 5.01 Å². The van der Waals surface area contributed by atoms with Gasteiger partial charge in [0.2, 0.25) is 13.0 Å². The van der Waals surface area contributed by atoms with Crippen molar-refractivity contribution in [1.29, 1.82) is 0 Å². The molecule has 3 aromatic carbocycles. The third-order valence-electron chi connectivity index (χ3n) is 5.77. The zero-order chi connectivity index (χ0) is 19.4. The zero-order valence-electron chi connectivity index (χ0n) is 16.0. The first-order chi connectivity index (χ1) is 14.3. The second-order valence-electron chi connectivity index (χ2n) is 7.63. The number of rotatable bonds is 2. The summed E-state index contributed by atoms with van der Waals surface area (Å²) < 4.78 is 17.4. The fraction of sp³-hybridized carbons (Fsp3) is 0.208. The van der Waals surface area contributed by atoms with E-state index in [1.807, 2.05) is 24.3 Å². The van der Waals surface area contributed by atoms with Crippen molar-refractivity contribution in [2.24, 2.45) is 5.10 Å². The van der Waals surface area contributed by atoms with Crippen LogP contribution in [-0.2, 0) is 0 Å². The maximum absolute atomic E-state index is 6.40. The summed E-state index contributed by atoms with van der Waals surface area (Å²) in [4.78, 5) is 0. The van der Waals surface area contributed by atoms with Crippen molar-refractivity contribution in [2.75, 3.05) is 6.79 Å². The van der Waals surface area contributed by atoms with Crippen molar-refractivity contribution in [2.45, 2.75) is 25.6 Å². The highest BCUT2D eigenvalue weighted by Gasteiger charge is 2.41. The molecule has 5 heteroatoms. The highest BCUT2D eigenvalue weighted by atomic mass is 16.7. The van der Waals surface area contributed by atoms with Crippen molar-refractivity contribution in [3.8, 4) is 17.2 Å². The molecule has 2 atom stereocenters. The molecule has 0 saturated carbocycles. The number of aryl methyl sites for hydroxylation is 1. The minimum atomic E-state index is -0.248. The number of hydrogen-bond acceptors (Lipinski definition) is 5. The first-order valence-corrected chi connectivity index (χ1v) is 9.84. The Labute approximate surface area is 169 Å². The Balaban J connectivity index is 1.42. The average molecular weight is 384 g/mol. The first kappa shape index (κ1) is 16.5. The summed E-state index contributed by atoms with van der Waals surface area (Å²) in [7, 11) is 0. The van der Waals surface area contributed by atoms with Gasteiger partial charge < -0.3 is 14.2 Å². The molecule has 5 nitrogen and oxygen atoms in total. The standard InChI is InChI=1S/C24H20N2O3/c1-15-6-8-16(9-7-15)24-26-20(18-4-2-3-5-21(18)29-24)13-19(25-26)17-10-11-22-23(12-17)28-14-27-22/h2-12,20,24H,13-14H2,1H3. The molecule has 3 heterocycles. The van der Waals surface area contributed by atoms with Crippen molar-refractivity contribution in [3.63, 3.8) is 0 Å². The molecule has 0 fully saturated rings. The molecule has 144 valence electrons. The van der Waals surface area contributed by atoms with Crippen LogP contribution in [0, 0.1) is 6.92 Å². The van der Waals surface area contributed by atoms with Gasteiger partial charge in [0.15, 0.2) is 11.5 Å². The van der Waals surface area contributed by atoms with Crippen molar-refractivity contribution < 1.29 is 14.2 Å². The van der Waals surface area contributed by atoms with Crippen LogP contribution in [0.3, 0.4) is 0 Å². The van der Waals surface area contributed by atoms with Gasteiger partial charge in [-0.1, -0.05) is 48.0 Å². The molecule has 3 aliphatic rings. The summed E-state index contributed by atoms with van der Waals surface area (Å²) in [5.41, 5.74) is 5.60. The molecule has 29 heavy (non-hydrogen) atoms. The predicted octanol–water partition coefficient (Wildman–Crippen LogP) is 4.97. The SMILES string of the molecule is Cc1ccc(C2Oc3ccccc3C3CC(c4ccc5c(c4)OCO5)=NN32)cc1. The molecule has 0 amide bonds. The fourth-order valence-electron chi connectivity index (χ4n) is 4.24. The van der Waals surface area contributed by atoms with Gasteiger partial charge in [0.1, 0.15) is 5.75 Å². The Morgan fingerprint density at radius 3 is 2.62 bits per heavy atom. The molecular weight excluding hydrogens is 364 g/mol. The van der Waals surface area contributed by atoms with Crippen LogP contribution in [0.15, 0.2) is 71.8 Å². The molecule has 0 aromatic heterocycles. The minimum absolute atomic E-state index is 0.145. The summed E-state index contributed by atoms with van der Waals surface area (Å²) in [5, 5.41) is 7.12. The number of fused-ring (bicyclic) bond motifs is 4. The lowest BCUT2D eigenvalue weighted by Crippen LogP contribution is -2.33. The second kappa shape index (κ2) is 6.27. The third-order valence-corrected chi connectivity index (χ3v) is 5.77. The number of benzene rings is 3. The van der Waals surface area contributed by atoms with Gasteiger partial charge in [0.05, 0.1) is 11.8 Å². The summed E-state index contributed by atoms with van der Waals surface area (Å²) in [6.07, 6.45) is 0.574. The van der Waals surface area contributed by atoms with E-state index in [9.17, 15) is 0 Å². The minimum Gasteiger partial charge on any atom is -0.464 e. The molecule has 2 unspecified atom stereocenters. The van der Waals surface area contributed by atoms with Gasteiger partial charge in [-0.2, -0.15) is 5.10 Å². The van der Waals surface area contributed by atoms with Gasteiger partial charge in [-0.3, -0.25) is 0 Å². The van der Waals surface area contributed by atoms with Gasteiger partial charge >= 0.3 is 0 Å². The van der Waals surface area contributed by atoms with Crippen LogP contribution in [0.4, 0.5) is 0 Å². The van der Waals surface area contributed by atoms with Gasteiger partial charge in [-0.05, 0) is 31.2 Å². The maximum atomic E-state index is 6.40. The first-order valence-electron chi connectivity index (χ1n) is 9.84. The lowest BCUT2D eigenvalue weighted by atomic mass is 9.95. The average Bonchev–Trinajstić information content (AvgIpc) is 3.40. The highest BCUT2D eigenvalue weighted by Crippen LogP contribution is 2.47. The Bertz CT molecular complexity index is 1120. The molecule has 0 saturated heterocycles. The van der Waals surface area contributed by atoms with E-state index in [0.29, 0.717) is 0 Å². The molecule has 0 N–H and O–H groups in total. The Morgan fingerprint density at radius 2 is 1.72 bits per heavy atom. The summed E-state index contributed by atoms with van der Waals surface area (Å²) in [6.45, 7) is 2.37. The Morgan fingerprint density at radius 1 is 0.897 bits per heavy atom. The second-order valence-corrected chi connectivity index (χ2v) is 7.63. The van der Waals surface area contributed by atoms with Crippen LogP contribution in [-0.4, -0.2) is 17.5 Å². The van der Waals surface area contributed by atoms with E-state index in [2.05, 4.69) is 54.4 Å². The topological polar surface area (TPSA) is 43.3 Å². The van der Waals surface area contributed by atoms with E-state index in [1.165, 1.54) is 11.1 Å². The zero-order valence-corrected chi connectivity index (χ0v) is 16.0. The molecular formula is C24H20N2O3. The van der Waals surface area contributed by atoms with E-state index < -0.39 is 0 Å². The Hall–Kier alpha value is -3.47. The molecule has 0 radical (unpaired) electrons. The number of hydrogen-bond donors (Lipinski definition) is 0. The fourth-order valence-corrected chi connectivity index (χ4v) is 4.24. The summed E-state index contributed by atoms with van der Waals surface area (Å²) >= 11 is 0. The van der Waals surface area contributed by atoms with Gasteiger partial charge in [-0.15, -0.1) is 0 Å². The lowest BCUT2D eigenvalue weighted by Gasteiger charge is -2.38. The van der Waals surface area contributed by atoms with Crippen LogP contribution >= 0.6 is 0 Å². The van der Waals surface area contributed by atoms with Crippen LogP contribution < -0.4 is 14.2 Å². The molecule has 0 bridgehead atoms. The molecule has 0 spiro atoms. The summed E-state index contributed by atoms with van der Waals surface area (Å²) in [5.74, 6) is 2.50. The van der Waals surface area contributed by atoms with Crippen LogP contribution in [0.1, 0.15) is 40.9 Å². The van der Waals surface area contributed by atoms with Gasteiger partial charge in [0, 0.05) is 23.1 Å². The van der Waals surface area contributed by atoms with Gasteiger partial charge in [-0.25, -0.2) is 5.01 Å². The molecule has 0 aliphatic carbocycles. The number of hydrazone groups is 1. The molecule has 6 rings (SSSR count). The van der Waals surface area contributed by atoms with E-state index in [4.69, 9.17) is 19.3 Å². The predicted molar refractivity (Wildman–Crippen MR) is 109 cm³/mol. The largest absolute Gasteiger partial charge is 0.464 e. The smallest absolute Gasteiger partial charge is 0.231 e. The highest BCUT2D eigenvalue weighted by molar-refractivity contribution is 6.02. The van der Waals surface area contributed by atoms with E-state index in [-0.39, 0.29) is 19.1 Å². The van der Waals surface area contributed by atoms with E-state index >= 15 is 0 Å². The monoisotopic (exact) mass is 384 g/mol. The van der Waals surface area contributed by atoms with Crippen LogP contribution in [0.2, 0.25) is 0 Å². The molecule has 3 aliphatic heterocycles. The number of nitrogens with zero attached hydrogens (tertiary/aromatic N) is 2. The Kier molecular flexibility index (Phi) is 3.57. The molecule has 3 aromatic rings. The van der Waals surface area contributed by atoms with E-state index in [1.54, 1.807) is 0 Å². The number of para-hydroxylation sites is 1. The maximum Gasteiger partial charge on any atom is 0.231 e. The van der Waals surface area contributed by atoms with Crippen LogP contribution in [0.5, 0.6) is 17.2 Å². The van der Waals surface area contributed by atoms with Crippen molar-refractivity contribution >= 4 is 5.71 Å². The van der Waals surface area contributed by atoms with Gasteiger partial charge in [0.25, 0.3) is 0 Å². The van der Waals surface area contributed by atoms with Crippen molar-refractivity contribution in [3.05, 3.63) is 89.0 Å². The van der Waals surface area contributed by atoms with E-state index in [0.717, 1.165) is 40.5 Å². The quantitative estimate of drug-likeness (QED) is 0.626. The van der Waals surface area contributed by atoms with Crippen LogP contribution in [0.25, 0.3) is 0 Å². The normalized spacial score (nSPS) is 21.3. The summed E-state index contributed by atoms with van der Waals surface area (Å²) in [6, 6.07) is 22.9.